The SMILES string of the molecule is CCn1cc(C(=O)NCc2cnc([C@H]3CCCCO3)nc2)c(C)n1. The molecule has 0 aromatic carbocycles. The Labute approximate surface area is 141 Å². The van der Waals surface area contributed by atoms with Crippen LogP contribution in [0.2, 0.25) is 0 Å². The Bertz CT molecular complexity index is 690. The first-order valence-electron chi connectivity index (χ1n) is 8.42. The van der Waals surface area contributed by atoms with Gasteiger partial charge < -0.3 is 10.1 Å². The number of hydrogen-bond acceptors (Lipinski definition) is 5. The molecule has 0 saturated carbocycles. The quantitative estimate of drug-likeness (QED) is 0.909. The maximum Gasteiger partial charge on any atom is 0.255 e. The normalized spacial score (nSPS) is 17.7. The lowest BCUT2D eigenvalue weighted by molar-refractivity contribution is 0.00940. The number of aryl methyl sites for hydroxylation is 2. The molecule has 1 amide bonds. The molecule has 1 N–H and O–H groups in total. The molecule has 24 heavy (non-hydrogen) atoms. The van der Waals surface area contributed by atoms with E-state index in [1.54, 1.807) is 23.3 Å². The van der Waals surface area contributed by atoms with E-state index in [-0.39, 0.29) is 12.0 Å². The Morgan fingerprint density at radius 2 is 2.17 bits per heavy atom. The first kappa shape index (κ1) is 16.6. The molecule has 1 saturated heterocycles. The van der Waals surface area contributed by atoms with Gasteiger partial charge in [0.2, 0.25) is 0 Å². The van der Waals surface area contributed by atoms with Gasteiger partial charge in [0.15, 0.2) is 5.82 Å². The van der Waals surface area contributed by atoms with Gasteiger partial charge in [-0.25, -0.2) is 9.97 Å². The fraction of sp³-hybridized carbons (Fsp3) is 0.529. The molecule has 2 aromatic rings. The van der Waals surface area contributed by atoms with Crippen molar-refractivity contribution in [3.05, 3.63) is 41.2 Å². The molecule has 1 atom stereocenters. The molecular formula is C17H23N5O2. The molecule has 0 spiro atoms. The monoisotopic (exact) mass is 329 g/mol. The maximum atomic E-state index is 12.3. The summed E-state index contributed by atoms with van der Waals surface area (Å²) in [6.07, 6.45) is 8.50. The lowest BCUT2D eigenvalue weighted by Crippen LogP contribution is -2.23. The molecule has 0 bridgehead atoms. The van der Waals surface area contributed by atoms with Gasteiger partial charge >= 0.3 is 0 Å². The number of amides is 1. The molecule has 1 aliphatic heterocycles. The van der Waals surface area contributed by atoms with Crippen molar-refractivity contribution in [2.24, 2.45) is 0 Å². The van der Waals surface area contributed by atoms with E-state index in [1.165, 1.54) is 0 Å². The number of nitrogens with zero attached hydrogens (tertiary/aromatic N) is 4. The van der Waals surface area contributed by atoms with E-state index in [0.717, 1.165) is 49.5 Å². The van der Waals surface area contributed by atoms with Gasteiger partial charge in [0.1, 0.15) is 6.10 Å². The molecule has 0 aliphatic carbocycles. The third-order valence-electron chi connectivity index (χ3n) is 4.16. The summed E-state index contributed by atoms with van der Waals surface area (Å²) in [7, 11) is 0. The molecule has 3 heterocycles. The summed E-state index contributed by atoms with van der Waals surface area (Å²) >= 11 is 0. The smallest absolute Gasteiger partial charge is 0.255 e. The fourth-order valence-corrected chi connectivity index (χ4v) is 2.75. The van der Waals surface area contributed by atoms with Crippen LogP contribution < -0.4 is 5.32 Å². The highest BCUT2D eigenvalue weighted by Crippen LogP contribution is 2.24. The summed E-state index contributed by atoms with van der Waals surface area (Å²) in [5, 5.41) is 7.17. The van der Waals surface area contributed by atoms with Crippen molar-refractivity contribution >= 4 is 5.91 Å². The predicted molar refractivity (Wildman–Crippen MR) is 88.4 cm³/mol. The molecule has 1 fully saturated rings. The average molecular weight is 329 g/mol. The van der Waals surface area contributed by atoms with Crippen molar-refractivity contribution < 1.29 is 9.53 Å². The van der Waals surface area contributed by atoms with E-state index < -0.39 is 0 Å². The first-order valence-corrected chi connectivity index (χ1v) is 8.42. The van der Waals surface area contributed by atoms with Crippen LogP contribution in [0.3, 0.4) is 0 Å². The molecule has 3 rings (SSSR count). The van der Waals surface area contributed by atoms with Crippen molar-refractivity contribution in [2.45, 2.75) is 52.3 Å². The maximum absolute atomic E-state index is 12.3. The van der Waals surface area contributed by atoms with Crippen molar-refractivity contribution in [1.29, 1.82) is 0 Å². The minimum atomic E-state index is -0.133. The average Bonchev–Trinajstić information content (AvgIpc) is 3.02. The summed E-state index contributed by atoms with van der Waals surface area (Å²) < 4.78 is 7.44. The standard InChI is InChI=1S/C17H23N5O2/c1-3-22-11-14(12(2)21-22)17(23)20-10-13-8-18-16(19-9-13)15-6-4-5-7-24-15/h8-9,11,15H,3-7,10H2,1-2H3,(H,20,23)/t15-/m1/s1. The van der Waals surface area contributed by atoms with E-state index in [1.807, 2.05) is 13.8 Å². The molecule has 7 heteroatoms. The molecule has 0 radical (unpaired) electrons. The van der Waals surface area contributed by atoms with Crippen LogP contribution in [0.25, 0.3) is 0 Å². The zero-order valence-corrected chi connectivity index (χ0v) is 14.2. The molecule has 0 unspecified atom stereocenters. The van der Waals surface area contributed by atoms with Gasteiger partial charge in [-0.3, -0.25) is 9.48 Å². The minimum absolute atomic E-state index is 0.00456. The van der Waals surface area contributed by atoms with Crippen LogP contribution in [0.1, 0.15) is 59.7 Å². The molecule has 1 aliphatic rings. The molecule has 2 aromatic heterocycles. The highest BCUT2D eigenvalue weighted by Gasteiger charge is 2.18. The Hall–Kier alpha value is -2.28. The summed E-state index contributed by atoms with van der Waals surface area (Å²) in [6, 6.07) is 0. The largest absolute Gasteiger partial charge is 0.370 e. The second-order valence-electron chi connectivity index (χ2n) is 5.97. The number of hydrogen-bond donors (Lipinski definition) is 1. The number of rotatable bonds is 5. The molecular weight excluding hydrogens is 306 g/mol. The van der Waals surface area contributed by atoms with Crippen molar-refractivity contribution in [2.75, 3.05) is 6.61 Å². The summed E-state index contributed by atoms with van der Waals surface area (Å²) in [5.41, 5.74) is 2.20. The summed E-state index contributed by atoms with van der Waals surface area (Å²) in [5.74, 6) is 0.594. The first-order chi connectivity index (χ1) is 11.7. The summed E-state index contributed by atoms with van der Waals surface area (Å²) in [6.45, 7) is 5.73. The zero-order valence-electron chi connectivity index (χ0n) is 14.2. The van der Waals surface area contributed by atoms with Gasteiger partial charge in [-0.1, -0.05) is 0 Å². The van der Waals surface area contributed by atoms with E-state index in [2.05, 4.69) is 20.4 Å². The number of carbonyl (C=O) groups is 1. The minimum Gasteiger partial charge on any atom is -0.370 e. The van der Waals surface area contributed by atoms with Crippen LogP contribution in [0, 0.1) is 6.92 Å². The van der Waals surface area contributed by atoms with Crippen LogP contribution in [0.4, 0.5) is 0 Å². The van der Waals surface area contributed by atoms with Crippen molar-refractivity contribution in [3.8, 4) is 0 Å². The third-order valence-corrected chi connectivity index (χ3v) is 4.16. The van der Waals surface area contributed by atoms with Crippen molar-refractivity contribution in [3.63, 3.8) is 0 Å². The lowest BCUT2D eigenvalue weighted by Gasteiger charge is -2.21. The number of aromatic nitrogens is 4. The Balaban J connectivity index is 1.57. The Morgan fingerprint density at radius 3 is 2.79 bits per heavy atom. The van der Waals surface area contributed by atoms with Gasteiger partial charge in [0.25, 0.3) is 5.91 Å². The molecule has 7 nitrogen and oxygen atoms in total. The van der Waals surface area contributed by atoms with E-state index >= 15 is 0 Å². The number of carbonyl (C=O) groups excluding carboxylic acids is 1. The van der Waals surface area contributed by atoms with Gasteiger partial charge in [-0.05, 0) is 33.1 Å². The van der Waals surface area contributed by atoms with Crippen LogP contribution in [-0.2, 0) is 17.8 Å². The van der Waals surface area contributed by atoms with Crippen LogP contribution in [-0.4, -0.2) is 32.3 Å². The Kier molecular flexibility index (Phi) is 5.20. The number of nitrogens with one attached hydrogen (secondary N) is 1. The highest BCUT2D eigenvalue weighted by molar-refractivity contribution is 5.94. The van der Waals surface area contributed by atoms with Crippen LogP contribution >= 0.6 is 0 Å². The van der Waals surface area contributed by atoms with Crippen LogP contribution in [0.5, 0.6) is 0 Å². The second-order valence-corrected chi connectivity index (χ2v) is 5.97. The summed E-state index contributed by atoms with van der Waals surface area (Å²) in [4.78, 5) is 21.0. The van der Waals surface area contributed by atoms with E-state index in [4.69, 9.17) is 4.74 Å². The fourth-order valence-electron chi connectivity index (χ4n) is 2.75. The van der Waals surface area contributed by atoms with Gasteiger partial charge in [0, 0.05) is 43.9 Å². The van der Waals surface area contributed by atoms with Crippen molar-refractivity contribution in [1.82, 2.24) is 25.1 Å². The Morgan fingerprint density at radius 1 is 1.38 bits per heavy atom. The highest BCUT2D eigenvalue weighted by atomic mass is 16.5. The zero-order chi connectivity index (χ0) is 16.9. The number of ether oxygens (including phenoxy) is 1. The van der Waals surface area contributed by atoms with Crippen LogP contribution in [0.15, 0.2) is 18.6 Å². The van der Waals surface area contributed by atoms with Gasteiger partial charge in [-0.15, -0.1) is 0 Å². The van der Waals surface area contributed by atoms with E-state index in [0.29, 0.717) is 12.1 Å². The lowest BCUT2D eigenvalue weighted by atomic mass is 10.1. The molecule has 128 valence electrons. The second kappa shape index (κ2) is 7.53. The predicted octanol–water partition coefficient (Wildman–Crippen LogP) is 2.17. The topological polar surface area (TPSA) is 81.9 Å². The van der Waals surface area contributed by atoms with Gasteiger partial charge in [-0.2, -0.15) is 5.10 Å². The van der Waals surface area contributed by atoms with E-state index in [9.17, 15) is 4.79 Å². The third kappa shape index (κ3) is 3.79. The van der Waals surface area contributed by atoms with Gasteiger partial charge in [0.05, 0.1) is 11.3 Å².